The van der Waals surface area contributed by atoms with Gasteiger partial charge in [0.15, 0.2) is 0 Å². The molecule has 23 heavy (non-hydrogen) atoms. The van der Waals surface area contributed by atoms with Gasteiger partial charge < -0.3 is 14.6 Å². The first-order valence-corrected chi connectivity index (χ1v) is 10.7. The number of rotatable bonds is 11. The van der Waals surface area contributed by atoms with Crippen molar-refractivity contribution in [1.29, 1.82) is 0 Å². The van der Waals surface area contributed by atoms with E-state index in [9.17, 15) is 14.4 Å². The lowest BCUT2D eigenvalue weighted by Gasteiger charge is -2.27. The third-order valence-corrected chi connectivity index (χ3v) is 8.83. The van der Waals surface area contributed by atoms with E-state index in [1.807, 2.05) is 20.8 Å². The summed E-state index contributed by atoms with van der Waals surface area (Å²) >= 11 is 0. The van der Waals surface area contributed by atoms with Crippen molar-refractivity contribution < 1.29 is 29.0 Å². The molecule has 6 nitrogen and oxygen atoms in total. The quantitative estimate of drug-likeness (QED) is 0.439. The monoisotopic (exact) mass is 344 g/mol. The first-order chi connectivity index (χ1) is 10.8. The number of hydrogen-bond donors (Lipinski definition) is 2. The van der Waals surface area contributed by atoms with Crippen LogP contribution in [0.25, 0.3) is 0 Å². The van der Waals surface area contributed by atoms with E-state index in [2.05, 4.69) is 0 Å². The van der Waals surface area contributed by atoms with E-state index >= 15 is 0 Å². The molecule has 0 radical (unpaired) electrons. The summed E-state index contributed by atoms with van der Waals surface area (Å²) in [6.07, 6.45) is 0.582. The van der Waals surface area contributed by atoms with Crippen LogP contribution in [0.2, 0.25) is 18.1 Å². The highest BCUT2D eigenvalue weighted by Crippen LogP contribution is 2.23. The maximum absolute atomic E-state index is 12.0. The van der Waals surface area contributed by atoms with Gasteiger partial charge in [-0.05, 0) is 37.4 Å². The second-order valence-corrected chi connectivity index (χ2v) is 10.2. The zero-order valence-corrected chi connectivity index (χ0v) is 15.5. The fourth-order valence-electron chi connectivity index (χ4n) is 2.55. The largest absolute Gasteiger partial charge is 0.519 e. The van der Waals surface area contributed by atoms with Crippen molar-refractivity contribution in [2.45, 2.75) is 71.5 Å². The van der Waals surface area contributed by atoms with Gasteiger partial charge >= 0.3 is 11.9 Å². The van der Waals surface area contributed by atoms with Crippen LogP contribution in [0.1, 0.15) is 53.4 Å². The van der Waals surface area contributed by atoms with Gasteiger partial charge in [0.1, 0.15) is 0 Å². The Kier molecular flexibility index (Phi) is 9.48. The van der Waals surface area contributed by atoms with Crippen LogP contribution in [0.15, 0.2) is 11.1 Å². The van der Waals surface area contributed by atoms with E-state index in [0.29, 0.717) is 0 Å². The van der Waals surface area contributed by atoms with Gasteiger partial charge in [-0.2, -0.15) is 0 Å². The summed E-state index contributed by atoms with van der Waals surface area (Å²) < 4.78 is 5.68. The molecule has 0 saturated carbocycles. The third-order valence-electron chi connectivity index (χ3n) is 4.31. The first kappa shape index (κ1) is 21.4. The molecular weight excluding hydrogens is 316 g/mol. The summed E-state index contributed by atoms with van der Waals surface area (Å²) in [4.78, 5) is 34.3. The second-order valence-electron chi connectivity index (χ2n) is 5.49. The van der Waals surface area contributed by atoms with E-state index in [1.165, 1.54) is 0 Å². The number of carbonyl (C=O) groups is 3. The van der Waals surface area contributed by atoms with Crippen LogP contribution in [0, 0.1) is 0 Å². The molecule has 0 aliphatic carbocycles. The summed E-state index contributed by atoms with van der Waals surface area (Å²) in [5.74, 6) is -2.76. The van der Waals surface area contributed by atoms with Crippen molar-refractivity contribution >= 4 is 26.2 Å². The lowest BCUT2D eigenvalue weighted by molar-refractivity contribution is -0.136. The van der Waals surface area contributed by atoms with Crippen LogP contribution in [0.3, 0.4) is 0 Å². The molecule has 0 heterocycles. The minimum absolute atomic E-state index is 0.0544. The molecule has 0 aromatic heterocycles. The number of carbonyl (C=O) groups excluding carboxylic acids is 1. The van der Waals surface area contributed by atoms with Crippen LogP contribution in [0.5, 0.6) is 0 Å². The zero-order valence-electron chi connectivity index (χ0n) is 14.5. The SMILES string of the molecule is CC/C(C(=O)O)=C(/CCCC(=O)O[Si](CC)(CC)CC)C(=O)O. The minimum Gasteiger partial charge on any atom is -0.519 e. The fourth-order valence-corrected chi connectivity index (χ4v) is 5.07. The highest BCUT2D eigenvalue weighted by atomic mass is 28.4. The van der Waals surface area contributed by atoms with Gasteiger partial charge in [-0.3, -0.25) is 4.79 Å². The third kappa shape index (κ3) is 6.56. The molecule has 0 aromatic carbocycles. The van der Waals surface area contributed by atoms with Crippen LogP contribution >= 0.6 is 0 Å². The number of hydrogen-bond acceptors (Lipinski definition) is 4. The molecule has 0 fully saturated rings. The molecule has 7 heteroatoms. The average Bonchev–Trinajstić information content (AvgIpc) is 2.51. The lowest BCUT2D eigenvalue weighted by Crippen LogP contribution is -2.38. The average molecular weight is 344 g/mol. The summed E-state index contributed by atoms with van der Waals surface area (Å²) in [6, 6.07) is 2.60. The van der Waals surface area contributed by atoms with E-state index in [1.54, 1.807) is 6.92 Å². The predicted octanol–water partition coefficient (Wildman–Crippen LogP) is 3.58. The van der Waals surface area contributed by atoms with Crippen molar-refractivity contribution in [2.24, 2.45) is 0 Å². The number of carboxylic acids is 2. The van der Waals surface area contributed by atoms with E-state index in [-0.39, 0.29) is 42.8 Å². The molecule has 0 bridgehead atoms. The molecule has 132 valence electrons. The minimum atomic E-state index is -2.00. The summed E-state index contributed by atoms with van der Waals surface area (Å²) in [5.41, 5.74) is -0.233. The smallest absolute Gasteiger partial charge is 0.332 e. The Balaban J connectivity index is 4.77. The van der Waals surface area contributed by atoms with Crippen LogP contribution < -0.4 is 0 Å². The van der Waals surface area contributed by atoms with Crippen molar-refractivity contribution in [3.05, 3.63) is 11.1 Å². The van der Waals surface area contributed by atoms with Gasteiger partial charge in [-0.15, -0.1) is 0 Å². The van der Waals surface area contributed by atoms with Crippen molar-refractivity contribution in [2.75, 3.05) is 0 Å². The Bertz CT molecular complexity index is 457. The highest BCUT2D eigenvalue weighted by Gasteiger charge is 2.32. The molecular formula is C16H28O6Si. The van der Waals surface area contributed by atoms with E-state index in [4.69, 9.17) is 14.6 Å². The topological polar surface area (TPSA) is 101 Å². The Hall–Kier alpha value is -1.63. The molecule has 0 saturated heterocycles. The summed E-state index contributed by atoms with van der Waals surface area (Å²) in [7, 11) is -2.00. The first-order valence-electron chi connectivity index (χ1n) is 8.17. The van der Waals surface area contributed by atoms with Gasteiger partial charge in [0.05, 0.1) is 0 Å². The Morgan fingerprint density at radius 1 is 0.826 bits per heavy atom. The molecule has 0 unspecified atom stereocenters. The summed E-state index contributed by atoms with van der Waals surface area (Å²) in [5, 5.41) is 18.2. The lowest BCUT2D eigenvalue weighted by atomic mass is 10.0. The van der Waals surface area contributed by atoms with Crippen LogP contribution in [-0.4, -0.2) is 36.4 Å². The fraction of sp³-hybridized carbons (Fsp3) is 0.688. The summed E-state index contributed by atoms with van der Waals surface area (Å²) in [6.45, 7) is 7.68. The highest BCUT2D eigenvalue weighted by molar-refractivity contribution is 6.74. The number of carboxylic acid groups (broad SMARTS) is 2. The molecule has 2 N–H and O–H groups in total. The normalized spacial score (nSPS) is 12.5. The van der Waals surface area contributed by atoms with Gasteiger partial charge in [-0.25, -0.2) is 9.59 Å². The predicted molar refractivity (Wildman–Crippen MR) is 89.7 cm³/mol. The maximum atomic E-state index is 12.0. The van der Waals surface area contributed by atoms with Crippen LogP contribution in [-0.2, 0) is 18.8 Å². The van der Waals surface area contributed by atoms with E-state index < -0.39 is 20.3 Å². The molecule has 0 amide bonds. The zero-order chi connectivity index (χ0) is 18.0. The van der Waals surface area contributed by atoms with Gasteiger partial charge in [0.25, 0.3) is 14.3 Å². The molecule has 0 aromatic rings. The number of aliphatic carboxylic acids is 2. The van der Waals surface area contributed by atoms with Crippen molar-refractivity contribution in [3.8, 4) is 0 Å². The molecule has 0 spiro atoms. The van der Waals surface area contributed by atoms with Gasteiger partial charge in [-0.1, -0.05) is 27.7 Å². The molecule has 0 atom stereocenters. The second kappa shape index (κ2) is 10.2. The maximum Gasteiger partial charge on any atom is 0.332 e. The molecule has 0 rings (SSSR count). The Morgan fingerprint density at radius 3 is 1.65 bits per heavy atom. The standard InChI is InChI=1S/C16H28O6Si/c1-5-12(15(18)19)13(16(20)21)10-9-11-14(17)22-23(6-2,7-3)8-4/h5-11H2,1-4H3,(H,18,19)(H,20,21)/b13-12+. The van der Waals surface area contributed by atoms with Crippen LogP contribution in [0.4, 0.5) is 0 Å². The Morgan fingerprint density at radius 2 is 1.30 bits per heavy atom. The van der Waals surface area contributed by atoms with Crippen molar-refractivity contribution in [1.82, 2.24) is 0 Å². The van der Waals surface area contributed by atoms with E-state index in [0.717, 1.165) is 18.1 Å². The van der Waals surface area contributed by atoms with Gasteiger partial charge in [0.2, 0.25) is 0 Å². The van der Waals surface area contributed by atoms with Gasteiger partial charge in [0, 0.05) is 17.6 Å². The van der Waals surface area contributed by atoms with Crippen molar-refractivity contribution in [3.63, 3.8) is 0 Å². The molecule has 0 aliphatic rings. The molecule has 0 aliphatic heterocycles. The Labute approximate surface area is 138 Å².